The van der Waals surface area contributed by atoms with Gasteiger partial charge >= 0.3 is 0 Å². The van der Waals surface area contributed by atoms with Crippen LogP contribution in [-0.4, -0.2) is 21.2 Å². The highest BCUT2D eigenvalue weighted by Gasteiger charge is 2.24. The minimum Gasteiger partial charge on any atom is -0.351 e. The normalized spacial score (nSPS) is 13.1. The molecule has 1 amide bonds. The molecule has 0 bridgehead atoms. The number of nitrogens with zero attached hydrogens (tertiary/aromatic N) is 2. The van der Waals surface area contributed by atoms with Gasteiger partial charge in [-0.25, -0.2) is 9.37 Å². The highest BCUT2D eigenvalue weighted by atomic mass is 35.5. The van der Waals surface area contributed by atoms with Gasteiger partial charge in [0.25, 0.3) is 5.56 Å². The molecule has 35 heavy (non-hydrogen) atoms. The molecular weight excluding hydrogens is 505 g/mol. The fourth-order valence-electron chi connectivity index (χ4n) is 4.32. The van der Waals surface area contributed by atoms with Gasteiger partial charge in [-0.05, 0) is 73.6 Å². The van der Waals surface area contributed by atoms with Crippen LogP contribution in [0.3, 0.4) is 0 Å². The zero-order chi connectivity index (χ0) is 24.5. The van der Waals surface area contributed by atoms with Gasteiger partial charge in [-0.15, -0.1) is 11.3 Å². The number of aryl methyl sites for hydroxylation is 2. The van der Waals surface area contributed by atoms with E-state index in [2.05, 4.69) is 5.32 Å². The molecule has 0 saturated heterocycles. The molecule has 0 unspecified atom stereocenters. The van der Waals surface area contributed by atoms with E-state index < -0.39 is 0 Å². The Hall–Kier alpha value is -2.68. The smallest absolute Gasteiger partial charge is 0.267 e. The summed E-state index contributed by atoms with van der Waals surface area (Å²) in [6.45, 7) is 2.17. The predicted molar refractivity (Wildman–Crippen MR) is 141 cm³/mol. The topological polar surface area (TPSA) is 64.0 Å². The Morgan fingerprint density at radius 2 is 1.97 bits per heavy atom. The summed E-state index contributed by atoms with van der Waals surface area (Å²) < 4.78 is 14.7. The van der Waals surface area contributed by atoms with Gasteiger partial charge in [-0.1, -0.05) is 41.6 Å². The molecule has 0 spiro atoms. The molecule has 0 radical (unpaired) electrons. The molecule has 0 atom stereocenters. The molecule has 2 heterocycles. The highest BCUT2D eigenvalue weighted by molar-refractivity contribution is 7.99. The number of benzene rings is 2. The second-order valence-corrected chi connectivity index (χ2v) is 10.9. The number of aromatic nitrogens is 2. The summed E-state index contributed by atoms with van der Waals surface area (Å²) in [4.78, 5) is 33.3. The third-order valence-electron chi connectivity index (χ3n) is 6.17. The van der Waals surface area contributed by atoms with Gasteiger partial charge in [0, 0.05) is 16.4 Å². The Balaban J connectivity index is 1.48. The van der Waals surface area contributed by atoms with Gasteiger partial charge < -0.3 is 5.32 Å². The third kappa shape index (κ3) is 4.87. The molecule has 9 heteroatoms. The molecule has 5 nitrogen and oxygen atoms in total. The summed E-state index contributed by atoms with van der Waals surface area (Å²) in [5, 5.41) is 4.56. The largest absolute Gasteiger partial charge is 0.351 e. The number of thioether (sulfide) groups is 1. The van der Waals surface area contributed by atoms with Crippen molar-refractivity contribution < 1.29 is 9.18 Å². The van der Waals surface area contributed by atoms with E-state index in [9.17, 15) is 14.0 Å². The van der Waals surface area contributed by atoms with Crippen molar-refractivity contribution in [2.24, 2.45) is 0 Å². The summed E-state index contributed by atoms with van der Waals surface area (Å²) in [6.07, 6.45) is 4.05. The van der Waals surface area contributed by atoms with Crippen molar-refractivity contribution in [2.75, 3.05) is 5.75 Å². The van der Waals surface area contributed by atoms with E-state index in [0.717, 1.165) is 47.2 Å². The Morgan fingerprint density at radius 3 is 2.77 bits per heavy atom. The lowest BCUT2D eigenvalue weighted by atomic mass is 9.97. The first-order valence-electron chi connectivity index (χ1n) is 11.4. The first kappa shape index (κ1) is 24.0. The lowest BCUT2D eigenvalue weighted by Crippen LogP contribution is -2.26. The van der Waals surface area contributed by atoms with Crippen LogP contribution in [0.1, 0.15) is 34.4 Å². The van der Waals surface area contributed by atoms with Crippen LogP contribution in [0.5, 0.6) is 0 Å². The zero-order valence-electron chi connectivity index (χ0n) is 19.1. The highest BCUT2D eigenvalue weighted by Crippen LogP contribution is 2.35. The van der Waals surface area contributed by atoms with Crippen LogP contribution >= 0.6 is 34.7 Å². The number of hydrogen-bond donors (Lipinski definition) is 1. The number of fused-ring (bicyclic) bond motifs is 3. The number of thiophene rings is 1. The van der Waals surface area contributed by atoms with E-state index in [1.165, 1.54) is 28.8 Å². The zero-order valence-corrected chi connectivity index (χ0v) is 21.5. The van der Waals surface area contributed by atoms with Gasteiger partial charge in [0.05, 0.1) is 16.8 Å². The fourth-order valence-corrected chi connectivity index (χ4v) is 6.63. The molecule has 0 fully saturated rings. The molecule has 0 aliphatic heterocycles. The van der Waals surface area contributed by atoms with Crippen molar-refractivity contribution in [1.29, 1.82) is 0 Å². The first-order chi connectivity index (χ1) is 16.9. The van der Waals surface area contributed by atoms with Crippen LogP contribution in [0, 0.1) is 12.7 Å². The van der Waals surface area contributed by atoms with Gasteiger partial charge in [0.1, 0.15) is 10.6 Å². The monoisotopic (exact) mass is 527 g/mol. The summed E-state index contributed by atoms with van der Waals surface area (Å²) in [5.41, 5.74) is 3.26. The van der Waals surface area contributed by atoms with Gasteiger partial charge in [0.15, 0.2) is 5.16 Å². The van der Waals surface area contributed by atoms with Crippen LogP contribution in [0.25, 0.3) is 15.9 Å². The standard InChI is InChI=1S/C26H23ClFN3O2S2/c1-15-19(27)6-4-7-20(15)31-25(33)23-18-5-2-3-8-21(18)35-24(23)30-26(31)34-14-22(32)29-13-16-9-11-17(28)12-10-16/h4,6-7,9-12H,2-3,5,8,13-14H2,1H3,(H,29,32). The third-order valence-corrected chi connectivity index (χ3v) is 8.71. The van der Waals surface area contributed by atoms with E-state index in [1.807, 2.05) is 19.1 Å². The van der Waals surface area contributed by atoms with Crippen LogP contribution in [0.4, 0.5) is 4.39 Å². The van der Waals surface area contributed by atoms with Crippen LogP contribution in [0.2, 0.25) is 5.02 Å². The number of nitrogens with one attached hydrogen (secondary N) is 1. The number of carbonyl (C=O) groups excluding carboxylic acids is 1. The molecule has 2 aromatic heterocycles. The van der Waals surface area contributed by atoms with Crippen molar-refractivity contribution in [1.82, 2.24) is 14.9 Å². The second-order valence-electron chi connectivity index (χ2n) is 8.50. The van der Waals surface area contributed by atoms with Crippen molar-refractivity contribution in [2.45, 2.75) is 44.3 Å². The van der Waals surface area contributed by atoms with Crippen LogP contribution in [-0.2, 0) is 24.2 Å². The minimum atomic E-state index is -0.318. The van der Waals surface area contributed by atoms with Crippen LogP contribution < -0.4 is 10.9 Å². The fraction of sp³-hybridized carbons (Fsp3) is 0.269. The lowest BCUT2D eigenvalue weighted by molar-refractivity contribution is -0.118. The number of halogens is 2. The minimum absolute atomic E-state index is 0.0871. The van der Waals surface area contributed by atoms with Crippen molar-refractivity contribution in [3.63, 3.8) is 0 Å². The van der Waals surface area contributed by atoms with E-state index in [1.54, 1.807) is 34.1 Å². The van der Waals surface area contributed by atoms with Crippen molar-refractivity contribution in [3.8, 4) is 5.69 Å². The molecule has 180 valence electrons. The number of rotatable bonds is 6. The summed E-state index contributed by atoms with van der Waals surface area (Å²) in [7, 11) is 0. The van der Waals surface area contributed by atoms with Gasteiger partial charge in [-0.2, -0.15) is 0 Å². The number of hydrogen-bond acceptors (Lipinski definition) is 5. The Kier molecular flexibility index (Phi) is 6.95. The second kappa shape index (κ2) is 10.1. The lowest BCUT2D eigenvalue weighted by Gasteiger charge is -2.16. The molecular formula is C26H23ClFN3O2S2. The summed E-state index contributed by atoms with van der Waals surface area (Å²) in [6, 6.07) is 11.5. The van der Waals surface area contributed by atoms with E-state index in [4.69, 9.17) is 16.6 Å². The molecule has 5 rings (SSSR count). The Bertz CT molecular complexity index is 1480. The molecule has 2 aromatic carbocycles. The maximum atomic E-state index is 13.9. The number of amides is 1. The van der Waals surface area contributed by atoms with Crippen molar-refractivity contribution >= 4 is 50.8 Å². The van der Waals surface area contributed by atoms with Gasteiger partial charge in [0.2, 0.25) is 5.91 Å². The molecule has 1 aliphatic carbocycles. The Morgan fingerprint density at radius 1 is 1.20 bits per heavy atom. The van der Waals surface area contributed by atoms with E-state index in [0.29, 0.717) is 27.8 Å². The maximum Gasteiger partial charge on any atom is 0.267 e. The molecule has 1 N–H and O–H groups in total. The quantitative estimate of drug-likeness (QED) is 0.253. The summed E-state index contributed by atoms with van der Waals surface area (Å²) in [5.74, 6) is -0.431. The maximum absolute atomic E-state index is 13.9. The summed E-state index contributed by atoms with van der Waals surface area (Å²) >= 11 is 9.20. The van der Waals surface area contributed by atoms with E-state index in [-0.39, 0.29) is 23.0 Å². The number of carbonyl (C=O) groups is 1. The van der Waals surface area contributed by atoms with Crippen LogP contribution in [0.15, 0.2) is 52.4 Å². The molecule has 0 saturated carbocycles. The SMILES string of the molecule is Cc1c(Cl)cccc1-n1c(SCC(=O)NCc2ccc(F)cc2)nc2sc3c(c2c1=O)CCCC3. The predicted octanol–water partition coefficient (Wildman–Crippen LogP) is 5.84. The first-order valence-corrected chi connectivity index (χ1v) is 13.6. The Labute approximate surface area is 215 Å². The molecule has 1 aliphatic rings. The average molecular weight is 528 g/mol. The molecule has 4 aromatic rings. The average Bonchev–Trinajstić information content (AvgIpc) is 3.23. The van der Waals surface area contributed by atoms with Gasteiger partial charge in [-0.3, -0.25) is 14.2 Å². The van der Waals surface area contributed by atoms with E-state index >= 15 is 0 Å². The van der Waals surface area contributed by atoms with Crippen molar-refractivity contribution in [3.05, 3.63) is 85.2 Å².